The molecule has 0 spiro atoms. The highest BCUT2D eigenvalue weighted by atomic mass is 16.3. The molecule has 2 atom stereocenters. The van der Waals surface area contributed by atoms with Crippen molar-refractivity contribution in [2.24, 2.45) is 0 Å². The second-order valence-corrected chi connectivity index (χ2v) is 5.21. The molecule has 94 valence electrons. The van der Waals surface area contributed by atoms with Gasteiger partial charge in [0.05, 0.1) is 0 Å². The lowest BCUT2D eigenvalue weighted by molar-refractivity contribution is 0.163. The number of aromatic hydroxyl groups is 1. The van der Waals surface area contributed by atoms with Crippen LogP contribution < -0.4 is 0 Å². The first-order valence-electron chi connectivity index (χ1n) is 6.67. The normalized spacial score (nSPS) is 21.3. The van der Waals surface area contributed by atoms with E-state index in [4.69, 9.17) is 0 Å². The van der Waals surface area contributed by atoms with Gasteiger partial charge in [-0.3, -0.25) is 4.90 Å². The van der Waals surface area contributed by atoms with Gasteiger partial charge in [0.25, 0.3) is 0 Å². The lowest BCUT2D eigenvalue weighted by Crippen LogP contribution is -2.34. The first-order chi connectivity index (χ1) is 8.13. The maximum Gasteiger partial charge on any atom is 0.115 e. The first-order valence-corrected chi connectivity index (χ1v) is 6.67. The van der Waals surface area contributed by atoms with Crippen LogP contribution in [-0.2, 0) is 6.42 Å². The molecule has 1 aliphatic rings. The lowest BCUT2D eigenvalue weighted by atomic mass is 9.86. The average molecular weight is 233 g/mol. The zero-order valence-corrected chi connectivity index (χ0v) is 11.1. The smallest absolute Gasteiger partial charge is 0.115 e. The topological polar surface area (TPSA) is 23.5 Å². The Morgan fingerprint density at radius 3 is 2.94 bits per heavy atom. The molecule has 0 aromatic heterocycles. The molecule has 0 aliphatic heterocycles. The predicted molar refractivity (Wildman–Crippen MR) is 71.3 cm³/mol. The van der Waals surface area contributed by atoms with Crippen LogP contribution in [0.2, 0.25) is 0 Å². The molecular weight excluding hydrogens is 210 g/mol. The molecular formula is C15H23NO. The summed E-state index contributed by atoms with van der Waals surface area (Å²) in [7, 11) is 2.21. The quantitative estimate of drug-likeness (QED) is 0.863. The minimum Gasteiger partial charge on any atom is -0.508 e. The number of hydrogen-bond acceptors (Lipinski definition) is 2. The molecule has 17 heavy (non-hydrogen) atoms. The van der Waals surface area contributed by atoms with Gasteiger partial charge in [0.15, 0.2) is 0 Å². The van der Waals surface area contributed by atoms with Crippen molar-refractivity contribution in [2.75, 3.05) is 7.05 Å². The number of aryl methyl sites for hydroxylation is 1. The molecule has 0 fully saturated rings. The predicted octanol–water partition coefficient (Wildman–Crippen LogP) is 3.50. The van der Waals surface area contributed by atoms with Gasteiger partial charge in [0.2, 0.25) is 0 Å². The summed E-state index contributed by atoms with van der Waals surface area (Å²) in [5, 5.41) is 9.67. The number of phenolic OH excluding ortho intramolecular Hbond substituents is 1. The van der Waals surface area contributed by atoms with Crippen LogP contribution >= 0.6 is 0 Å². The Bertz CT molecular complexity index is 389. The highest BCUT2D eigenvalue weighted by Crippen LogP contribution is 2.36. The second-order valence-electron chi connectivity index (χ2n) is 5.21. The van der Waals surface area contributed by atoms with Crippen molar-refractivity contribution in [3.63, 3.8) is 0 Å². The van der Waals surface area contributed by atoms with E-state index in [-0.39, 0.29) is 0 Å². The van der Waals surface area contributed by atoms with Crippen molar-refractivity contribution in [3.8, 4) is 5.75 Å². The number of phenols is 1. The molecule has 1 aromatic carbocycles. The van der Waals surface area contributed by atoms with Gasteiger partial charge in [-0.25, -0.2) is 0 Å². The summed E-state index contributed by atoms with van der Waals surface area (Å²) in [4.78, 5) is 2.46. The molecule has 0 bridgehead atoms. The first kappa shape index (κ1) is 12.4. The number of hydrogen-bond donors (Lipinski definition) is 1. The number of fused-ring (bicyclic) bond motifs is 1. The minimum atomic E-state index is 0.396. The van der Waals surface area contributed by atoms with Crippen LogP contribution in [0.1, 0.15) is 50.3 Å². The van der Waals surface area contributed by atoms with E-state index in [1.807, 2.05) is 12.1 Å². The van der Waals surface area contributed by atoms with E-state index < -0.39 is 0 Å². The monoisotopic (exact) mass is 233 g/mol. The fourth-order valence-electron chi connectivity index (χ4n) is 2.78. The molecule has 1 aliphatic carbocycles. The van der Waals surface area contributed by atoms with E-state index in [9.17, 15) is 5.11 Å². The molecule has 2 nitrogen and oxygen atoms in total. The van der Waals surface area contributed by atoms with Gasteiger partial charge in [-0.2, -0.15) is 0 Å². The van der Waals surface area contributed by atoms with Crippen molar-refractivity contribution in [1.82, 2.24) is 4.90 Å². The van der Waals surface area contributed by atoms with E-state index in [0.717, 1.165) is 6.42 Å². The molecule has 0 saturated carbocycles. The molecule has 0 saturated heterocycles. The summed E-state index contributed by atoms with van der Waals surface area (Å²) in [6, 6.07) is 6.91. The van der Waals surface area contributed by atoms with Gasteiger partial charge >= 0.3 is 0 Å². The standard InChI is InChI=1S/C15H23NO/c1-4-11(2)16(3)15-7-5-6-12-8-9-13(17)10-14(12)15/h8-11,15,17H,4-7H2,1-3H3. The van der Waals surface area contributed by atoms with E-state index in [1.54, 1.807) is 0 Å². The fourth-order valence-corrected chi connectivity index (χ4v) is 2.78. The molecule has 0 amide bonds. The molecule has 1 aromatic rings. The van der Waals surface area contributed by atoms with Crippen LogP contribution in [0.15, 0.2) is 18.2 Å². The van der Waals surface area contributed by atoms with E-state index in [0.29, 0.717) is 17.8 Å². The van der Waals surface area contributed by atoms with E-state index in [2.05, 4.69) is 31.9 Å². The van der Waals surface area contributed by atoms with Crippen molar-refractivity contribution in [2.45, 2.75) is 51.6 Å². The Balaban J connectivity index is 2.30. The van der Waals surface area contributed by atoms with Gasteiger partial charge in [-0.1, -0.05) is 13.0 Å². The van der Waals surface area contributed by atoms with E-state index in [1.165, 1.54) is 30.4 Å². The third-order valence-corrected chi connectivity index (χ3v) is 4.19. The van der Waals surface area contributed by atoms with Crippen molar-refractivity contribution in [1.29, 1.82) is 0 Å². The van der Waals surface area contributed by atoms with Gasteiger partial charge in [0, 0.05) is 12.1 Å². The van der Waals surface area contributed by atoms with Crippen LogP contribution in [-0.4, -0.2) is 23.1 Å². The molecule has 0 radical (unpaired) electrons. The zero-order chi connectivity index (χ0) is 12.4. The number of nitrogens with zero attached hydrogens (tertiary/aromatic N) is 1. The maximum atomic E-state index is 9.67. The van der Waals surface area contributed by atoms with Crippen molar-refractivity contribution in [3.05, 3.63) is 29.3 Å². The summed E-state index contributed by atoms with van der Waals surface area (Å²) in [6.45, 7) is 4.50. The third-order valence-electron chi connectivity index (χ3n) is 4.19. The Kier molecular flexibility index (Phi) is 3.72. The fraction of sp³-hybridized carbons (Fsp3) is 0.600. The Morgan fingerprint density at radius 2 is 2.24 bits per heavy atom. The van der Waals surface area contributed by atoms with E-state index >= 15 is 0 Å². The SMILES string of the molecule is CCC(C)N(C)C1CCCc2ccc(O)cc21. The van der Waals surface area contributed by atoms with Gasteiger partial charge in [-0.05, 0) is 62.9 Å². The Morgan fingerprint density at radius 1 is 1.47 bits per heavy atom. The summed E-state index contributed by atoms with van der Waals surface area (Å²) < 4.78 is 0. The van der Waals surface area contributed by atoms with Crippen LogP contribution in [0, 0.1) is 0 Å². The van der Waals surface area contributed by atoms with Crippen LogP contribution in [0.3, 0.4) is 0 Å². The summed E-state index contributed by atoms with van der Waals surface area (Å²) in [5.41, 5.74) is 2.74. The van der Waals surface area contributed by atoms with Crippen LogP contribution in [0.25, 0.3) is 0 Å². The third kappa shape index (κ3) is 2.47. The molecule has 2 heteroatoms. The number of benzene rings is 1. The van der Waals surface area contributed by atoms with Crippen LogP contribution in [0.4, 0.5) is 0 Å². The Labute approximate surface area is 104 Å². The minimum absolute atomic E-state index is 0.396. The highest BCUT2D eigenvalue weighted by molar-refractivity contribution is 5.38. The summed E-state index contributed by atoms with van der Waals surface area (Å²) in [6.07, 6.45) is 4.78. The van der Waals surface area contributed by atoms with Gasteiger partial charge < -0.3 is 5.11 Å². The van der Waals surface area contributed by atoms with Crippen molar-refractivity contribution < 1.29 is 5.11 Å². The largest absolute Gasteiger partial charge is 0.508 e. The zero-order valence-electron chi connectivity index (χ0n) is 11.1. The summed E-state index contributed by atoms with van der Waals surface area (Å²) in [5.74, 6) is 0.396. The molecule has 0 heterocycles. The molecule has 1 N–H and O–H groups in total. The highest BCUT2D eigenvalue weighted by Gasteiger charge is 2.26. The second kappa shape index (κ2) is 5.09. The van der Waals surface area contributed by atoms with Crippen molar-refractivity contribution >= 4 is 0 Å². The molecule has 2 unspecified atom stereocenters. The maximum absolute atomic E-state index is 9.67. The number of rotatable bonds is 3. The van der Waals surface area contributed by atoms with Crippen LogP contribution in [0.5, 0.6) is 5.75 Å². The van der Waals surface area contributed by atoms with Gasteiger partial charge in [-0.15, -0.1) is 0 Å². The van der Waals surface area contributed by atoms with Gasteiger partial charge in [0.1, 0.15) is 5.75 Å². The molecule has 2 rings (SSSR count). The summed E-state index contributed by atoms with van der Waals surface area (Å²) >= 11 is 0. The lowest BCUT2D eigenvalue weighted by Gasteiger charge is -2.36. The average Bonchev–Trinajstić information content (AvgIpc) is 2.36. The Hall–Kier alpha value is -1.02.